The highest BCUT2D eigenvalue weighted by atomic mass is 32.2. The number of aromatic hydroxyl groups is 2. The molecular formula is C15H21NO3S. The Labute approximate surface area is 123 Å². The lowest BCUT2D eigenvalue weighted by Gasteiger charge is -2.35. The molecule has 1 saturated carbocycles. The van der Waals surface area contributed by atoms with Crippen LogP contribution in [0.1, 0.15) is 42.5 Å². The molecule has 0 atom stereocenters. The first-order chi connectivity index (χ1) is 9.54. The van der Waals surface area contributed by atoms with Crippen LogP contribution in [0, 0.1) is 0 Å². The minimum Gasteiger partial charge on any atom is -0.508 e. The number of phenolic OH excluding ortho intramolecular Hbond substituents is 2. The van der Waals surface area contributed by atoms with E-state index in [4.69, 9.17) is 0 Å². The molecule has 110 valence electrons. The maximum absolute atomic E-state index is 12.1. The Morgan fingerprint density at radius 3 is 2.35 bits per heavy atom. The molecule has 2 rings (SSSR count). The van der Waals surface area contributed by atoms with Gasteiger partial charge in [-0.05, 0) is 31.2 Å². The van der Waals surface area contributed by atoms with Crippen molar-refractivity contribution in [1.29, 1.82) is 0 Å². The van der Waals surface area contributed by atoms with Crippen LogP contribution in [-0.4, -0.2) is 33.7 Å². The fourth-order valence-corrected chi connectivity index (χ4v) is 3.63. The van der Waals surface area contributed by atoms with Crippen molar-refractivity contribution in [1.82, 2.24) is 5.32 Å². The highest BCUT2D eigenvalue weighted by Crippen LogP contribution is 2.38. The number of nitrogens with one attached hydrogen (secondary N) is 1. The summed E-state index contributed by atoms with van der Waals surface area (Å²) in [4.78, 5) is 12.1. The summed E-state index contributed by atoms with van der Waals surface area (Å²) >= 11 is 1.82. The Bertz CT molecular complexity index is 464. The fourth-order valence-electron chi connectivity index (χ4n) is 2.72. The third kappa shape index (κ3) is 3.60. The molecule has 4 nitrogen and oxygen atoms in total. The van der Waals surface area contributed by atoms with Crippen LogP contribution < -0.4 is 5.32 Å². The zero-order valence-corrected chi connectivity index (χ0v) is 12.5. The number of carbonyl (C=O) groups is 1. The van der Waals surface area contributed by atoms with Crippen molar-refractivity contribution in [2.75, 3.05) is 12.8 Å². The van der Waals surface area contributed by atoms with Crippen molar-refractivity contribution in [2.45, 2.75) is 36.9 Å². The van der Waals surface area contributed by atoms with Crippen molar-refractivity contribution in [3.8, 4) is 11.5 Å². The van der Waals surface area contributed by atoms with Gasteiger partial charge in [-0.25, -0.2) is 0 Å². The molecule has 0 radical (unpaired) electrons. The van der Waals surface area contributed by atoms with Gasteiger partial charge in [0, 0.05) is 22.9 Å². The predicted octanol–water partition coefficient (Wildman–Crippen LogP) is 2.89. The van der Waals surface area contributed by atoms with Gasteiger partial charge in [0.25, 0.3) is 5.91 Å². The van der Waals surface area contributed by atoms with Crippen molar-refractivity contribution in [2.24, 2.45) is 0 Å². The van der Waals surface area contributed by atoms with Crippen LogP contribution in [-0.2, 0) is 0 Å². The summed E-state index contributed by atoms with van der Waals surface area (Å²) in [5, 5.41) is 21.8. The van der Waals surface area contributed by atoms with Gasteiger partial charge in [0.2, 0.25) is 0 Å². The number of hydrogen-bond donors (Lipinski definition) is 3. The first kappa shape index (κ1) is 15.0. The zero-order chi connectivity index (χ0) is 14.6. The minimum absolute atomic E-state index is 0.104. The van der Waals surface area contributed by atoms with Crippen molar-refractivity contribution in [3.05, 3.63) is 23.8 Å². The lowest BCUT2D eigenvalue weighted by molar-refractivity contribution is 0.0946. The minimum atomic E-state index is -0.254. The standard InChI is InChI=1S/C15H21NO3S/c1-20-15(5-3-2-4-6-15)10-16-14(19)11-7-12(17)9-13(18)8-11/h7-9,17-18H,2-6,10H2,1H3,(H,16,19). The van der Waals surface area contributed by atoms with Gasteiger partial charge >= 0.3 is 0 Å². The summed E-state index contributed by atoms with van der Waals surface area (Å²) in [7, 11) is 0. The van der Waals surface area contributed by atoms with Crippen LogP contribution in [0.3, 0.4) is 0 Å². The molecule has 1 aliphatic rings. The van der Waals surface area contributed by atoms with Crippen LogP contribution in [0.15, 0.2) is 18.2 Å². The molecule has 0 saturated heterocycles. The second-order valence-electron chi connectivity index (χ2n) is 5.37. The first-order valence-corrected chi connectivity index (χ1v) is 8.13. The first-order valence-electron chi connectivity index (χ1n) is 6.91. The summed E-state index contributed by atoms with van der Waals surface area (Å²) in [6, 6.07) is 3.94. The smallest absolute Gasteiger partial charge is 0.251 e. The third-order valence-corrected chi connectivity index (χ3v) is 5.35. The van der Waals surface area contributed by atoms with E-state index in [0.29, 0.717) is 6.54 Å². The van der Waals surface area contributed by atoms with Gasteiger partial charge in [-0.3, -0.25) is 4.79 Å². The van der Waals surface area contributed by atoms with Crippen LogP contribution in [0.2, 0.25) is 0 Å². The molecule has 1 amide bonds. The Hall–Kier alpha value is -1.36. The normalized spacial score (nSPS) is 17.6. The second kappa shape index (κ2) is 6.39. The molecule has 0 aliphatic heterocycles. The van der Waals surface area contributed by atoms with Crippen molar-refractivity contribution >= 4 is 17.7 Å². The molecule has 0 spiro atoms. The molecule has 1 aromatic carbocycles. The van der Waals surface area contributed by atoms with Crippen molar-refractivity contribution < 1.29 is 15.0 Å². The Kier molecular flexibility index (Phi) is 4.81. The maximum atomic E-state index is 12.1. The van der Waals surface area contributed by atoms with E-state index in [9.17, 15) is 15.0 Å². The quantitative estimate of drug-likeness (QED) is 0.799. The van der Waals surface area contributed by atoms with Gasteiger partial charge in [0.15, 0.2) is 0 Å². The molecule has 1 fully saturated rings. The highest BCUT2D eigenvalue weighted by Gasteiger charge is 2.31. The SMILES string of the molecule is CSC1(CNC(=O)c2cc(O)cc(O)c2)CCCCC1. The number of thioether (sulfide) groups is 1. The number of benzene rings is 1. The maximum Gasteiger partial charge on any atom is 0.251 e. The van der Waals surface area contributed by atoms with Crippen LogP contribution in [0.25, 0.3) is 0 Å². The van der Waals surface area contributed by atoms with Crippen molar-refractivity contribution in [3.63, 3.8) is 0 Å². The monoisotopic (exact) mass is 295 g/mol. The molecule has 3 N–H and O–H groups in total. The van der Waals surface area contributed by atoms with E-state index in [2.05, 4.69) is 11.6 Å². The Balaban J connectivity index is 2.00. The molecule has 5 heteroatoms. The highest BCUT2D eigenvalue weighted by molar-refractivity contribution is 8.00. The van der Waals surface area contributed by atoms with Gasteiger partial charge in [0.1, 0.15) is 11.5 Å². The lowest BCUT2D eigenvalue weighted by atomic mass is 9.88. The van der Waals surface area contributed by atoms with E-state index in [0.717, 1.165) is 12.8 Å². The number of rotatable bonds is 4. The van der Waals surface area contributed by atoms with E-state index in [-0.39, 0.29) is 27.7 Å². The van der Waals surface area contributed by atoms with E-state index >= 15 is 0 Å². The van der Waals surface area contributed by atoms with Gasteiger partial charge in [-0.2, -0.15) is 11.8 Å². The largest absolute Gasteiger partial charge is 0.508 e. The molecule has 1 aliphatic carbocycles. The average molecular weight is 295 g/mol. The Morgan fingerprint density at radius 1 is 1.20 bits per heavy atom. The van der Waals surface area contributed by atoms with Gasteiger partial charge in [-0.1, -0.05) is 19.3 Å². The summed E-state index contributed by atoms with van der Waals surface area (Å²) in [5.41, 5.74) is 0.287. The topological polar surface area (TPSA) is 69.6 Å². The van der Waals surface area contributed by atoms with E-state index in [1.807, 2.05) is 11.8 Å². The molecular weight excluding hydrogens is 274 g/mol. The zero-order valence-electron chi connectivity index (χ0n) is 11.7. The number of amides is 1. The molecule has 0 unspecified atom stereocenters. The summed E-state index contributed by atoms with van der Waals surface area (Å²) in [6.45, 7) is 0.628. The fraction of sp³-hybridized carbons (Fsp3) is 0.533. The molecule has 0 heterocycles. The van der Waals surface area contributed by atoms with E-state index < -0.39 is 0 Å². The average Bonchev–Trinajstić information content (AvgIpc) is 2.45. The molecule has 20 heavy (non-hydrogen) atoms. The number of carbonyl (C=O) groups excluding carboxylic acids is 1. The van der Waals surface area contributed by atoms with Crippen LogP contribution >= 0.6 is 11.8 Å². The second-order valence-corrected chi connectivity index (χ2v) is 6.64. The Morgan fingerprint density at radius 2 is 1.80 bits per heavy atom. The van der Waals surface area contributed by atoms with E-state index in [1.165, 1.54) is 37.5 Å². The third-order valence-electron chi connectivity index (χ3n) is 3.93. The lowest BCUT2D eigenvalue weighted by Crippen LogP contribution is -2.41. The molecule has 0 aromatic heterocycles. The predicted molar refractivity (Wildman–Crippen MR) is 81.4 cm³/mol. The van der Waals surface area contributed by atoms with Crippen LogP contribution in [0.4, 0.5) is 0 Å². The number of phenols is 2. The summed E-state index contributed by atoms with van der Waals surface area (Å²) in [6.07, 6.45) is 8.04. The van der Waals surface area contributed by atoms with Gasteiger partial charge in [0.05, 0.1) is 0 Å². The number of hydrogen-bond acceptors (Lipinski definition) is 4. The summed E-state index contributed by atoms with van der Waals surface area (Å²) in [5.74, 6) is -0.463. The summed E-state index contributed by atoms with van der Waals surface area (Å²) < 4.78 is 0.132. The molecule has 1 aromatic rings. The molecule has 0 bridgehead atoms. The van der Waals surface area contributed by atoms with Gasteiger partial charge in [-0.15, -0.1) is 0 Å². The van der Waals surface area contributed by atoms with E-state index in [1.54, 1.807) is 0 Å². The van der Waals surface area contributed by atoms with Gasteiger partial charge < -0.3 is 15.5 Å². The van der Waals surface area contributed by atoms with Crippen LogP contribution in [0.5, 0.6) is 11.5 Å².